The number of fused-ring (bicyclic) bond motifs is 1. The molecule has 0 aliphatic rings. The van der Waals surface area contributed by atoms with Crippen molar-refractivity contribution in [3.05, 3.63) is 43.3 Å². The van der Waals surface area contributed by atoms with Gasteiger partial charge in [-0.1, -0.05) is 50.7 Å². The van der Waals surface area contributed by atoms with Crippen LogP contribution in [-0.4, -0.2) is 15.1 Å². The third kappa shape index (κ3) is 2.50. The third-order valence-electron chi connectivity index (χ3n) is 3.12. The van der Waals surface area contributed by atoms with Gasteiger partial charge in [0.05, 0.1) is 31.7 Å². The van der Waals surface area contributed by atoms with E-state index in [1.165, 1.54) is 6.07 Å². The van der Waals surface area contributed by atoms with E-state index in [0.29, 0.717) is 11.4 Å². The fourth-order valence-corrected chi connectivity index (χ4v) is 3.44. The number of aromatic nitrogens is 2. The van der Waals surface area contributed by atoms with E-state index in [-0.39, 0.29) is 20.8 Å². The first-order valence-corrected chi connectivity index (χ1v) is 7.84. The number of H-pyrrole nitrogens is 1. The number of aryl methyl sites for hydroxylation is 1. The SMILES string of the molecule is Cc1cc(Br)cc2[nH]c(-c3c(O)c(Cl)cc(Cl)c3Cl)nc12. The standard InChI is InChI=1S/C14H8BrCl3N2O/c1-5-2-6(15)3-9-12(5)20-14(19-9)10-11(18)7(16)4-8(17)13(10)21/h2-4,21H,1H3,(H,19,20). The summed E-state index contributed by atoms with van der Waals surface area (Å²) in [5.41, 5.74) is 2.90. The number of nitrogens with zero attached hydrogens (tertiary/aromatic N) is 1. The number of phenolic OH excluding ortho intramolecular Hbond substituents is 1. The van der Waals surface area contributed by atoms with Crippen LogP contribution in [0.3, 0.4) is 0 Å². The van der Waals surface area contributed by atoms with E-state index < -0.39 is 0 Å². The zero-order valence-corrected chi connectivity index (χ0v) is 14.5. The molecular formula is C14H8BrCl3N2O. The Hall–Kier alpha value is -0.940. The lowest BCUT2D eigenvalue weighted by Crippen LogP contribution is -1.86. The summed E-state index contributed by atoms with van der Waals surface area (Å²) in [6.07, 6.45) is 0. The molecular weight excluding hydrogens is 398 g/mol. The molecule has 1 aromatic heterocycles. The summed E-state index contributed by atoms with van der Waals surface area (Å²) in [6.45, 7) is 1.95. The van der Waals surface area contributed by atoms with Gasteiger partial charge in [0, 0.05) is 4.47 Å². The van der Waals surface area contributed by atoms with Crippen LogP contribution >= 0.6 is 50.7 Å². The Kier molecular flexibility index (Phi) is 3.82. The smallest absolute Gasteiger partial charge is 0.146 e. The number of halogens is 4. The van der Waals surface area contributed by atoms with Crippen LogP contribution in [0.1, 0.15) is 5.56 Å². The number of hydrogen-bond donors (Lipinski definition) is 2. The van der Waals surface area contributed by atoms with E-state index in [1.54, 1.807) is 0 Å². The molecule has 0 saturated carbocycles. The first-order valence-electron chi connectivity index (χ1n) is 5.91. The average Bonchev–Trinajstić information content (AvgIpc) is 2.80. The summed E-state index contributed by atoms with van der Waals surface area (Å²) in [6, 6.07) is 5.25. The van der Waals surface area contributed by atoms with Gasteiger partial charge in [0.25, 0.3) is 0 Å². The minimum absolute atomic E-state index is 0.123. The lowest BCUT2D eigenvalue weighted by atomic mass is 10.2. The van der Waals surface area contributed by atoms with Crippen molar-refractivity contribution in [2.45, 2.75) is 6.92 Å². The van der Waals surface area contributed by atoms with Crippen molar-refractivity contribution in [2.75, 3.05) is 0 Å². The Morgan fingerprint density at radius 2 is 1.86 bits per heavy atom. The van der Waals surface area contributed by atoms with Crippen LogP contribution in [0.25, 0.3) is 22.4 Å². The zero-order chi connectivity index (χ0) is 15.3. The molecule has 2 N–H and O–H groups in total. The summed E-state index contributed by atoms with van der Waals surface area (Å²) >= 11 is 21.6. The Morgan fingerprint density at radius 3 is 2.57 bits per heavy atom. The number of imidazole rings is 1. The molecule has 0 spiro atoms. The number of benzene rings is 2. The molecule has 3 aromatic rings. The van der Waals surface area contributed by atoms with Crippen LogP contribution < -0.4 is 0 Å². The highest BCUT2D eigenvalue weighted by molar-refractivity contribution is 9.10. The maximum Gasteiger partial charge on any atom is 0.146 e. The van der Waals surface area contributed by atoms with Crippen LogP contribution in [0.15, 0.2) is 22.7 Å². The third-order valence-corrected chi connectivity index (χ3v) is 4.66. The van der Waals surface area contributed by atoms with Crippen LogP contribution in [-0.2, 0) is 0 Å². The van der Waals surface area contributed by atoms with E-state index >= 15 is 0 Å². The lowest BCUT2D eigenvalue weighted by molar-refractivity contribution is 0.477. The van der Waals surface area contributed by atoms with Crippen LogP contribution in [0.4, 0.5) is 0 Å². The fraction of sp³-hybridized carbons (Fsp3) is 0.0714. The van der Waals surface area contributed by atoms with Gasteiger partial charge >= 0.3 is 0 Å². The van der Waals surface area contributed by atoms with Gasteiger partial charge in [-0.15, -0.1) is 0 Å². The largest absolute Gasteiger partial charge is 0.506 e. The van der Waals surface area contributed by atoms with E-state index in [2.05, 4.69) is 25.9 Å². The van der Waals surface area contributed by atoms with Crippen molar-refractivity contribution in [2.24, 2.45) is 0 Å². The molecule has 0 radical (unpaired) electrons. The second-order valence-corrected chi connectivity index (χ2v) is 6.69. The molecule has 0 bridgehead atoms. The highest BCUT2D eigenvalue weighted by atomic mass is 79.9. The van der Waals surface area contributed by atoms with Gasteiger partial charge in [-0.2, -0.15) is 0 Å². The van der Waals surface area contributed by atoms with Gasteiger partial charge in [-0.05, 0) is 30.7 Å². The van der Waals surface area contributed by atoms with E-state index in [0.717, 1.165) is 21.1 Å². The second kappa shape index (κ2) is 5.36. The van der Waals surface area contributed by atoms with E-state index in [9.17, 15) is 5.11 Å². The first-order chi connectivity index (χ1) is 9.88. The summed E-state index contributed by atoms with van der Waals surface area (Å²) in [5, 5.41) is 10.7. The molecule has 3 nitrogen and oxygen atoms in total. The maximum atomic E-state index is 10.2. The van der Waals surface area contributed by atoms with E-state index in [4.69, 9.17) is 34.8 Å². The van der Waals surface area contributed by atoms with Gasteiger partial charge in [-0.25, -0.2) is 4.98 Å². The fourth-order valence-electron chi connectivity index (χ4n) is 2.17. The quantitative estimate of drug-likeness (QED) is 0.490. The summed E-state index contributed by atoms with van der Waals surface area (Å²) in [7, 11) is 0. The molecule has 0 fully saturated rings. The number of hydrogen-bond acceptors (Lipinski definition) is 2. The molecule has 3 rings (SSSR count). The minimum Gasteiger partial charge on any atom is -0.506 e. The topological polar surface area (TPSA) is 48.9 Å². The molecule has 0 aliphatic carbocycles. The van der Waals surface area contributed by atoms with Gasteiger partial charge < -0.3 is 10.1 Å². The first kappa shape index (κ1) is 15.0. The molecule has 1 heterocycles. The maximum absolute atomic E-state index is 10.2. The van der Waals surface area contributed by atoms with Crippen molar-refractivity contribution >= 4 is 61.8 Å². The Morgan fingerprint density at radius 1 is 1.14 bits per heavy atom. The van der Waals surface area contributed by atoms with Crippen molar-refractivity contribution in [1.29, 1.82) is 0 Å². The normalized spacial score (nSPS) is 11.3. The Balaban J connectivity index is 2.34. The molecule has 0 amide bonds. The van der Waals surface area contributed by atoms with Crippen LogP contribution in [0.5, 0.6) is 5.75 Å². The predicted molar refractivity (Wildman–Crippen MR) is 90.7 cm³/mol. The number of aromatic amines is 1. The van der Waals surface area contributed by atoms with Crippen molar-refractivity contribution in [1.82, 2.24) is 9.97 Å². The highest BCUT2D eigenvalue weighted by Gasteiger charge is 2.20. The molecule has 7 heteroatoms. The number of nitrogens with one attached hydrogen (secondary N) is 1. The second-order valence-electron chi connectivity index (χ2n) is 4.58. The predicted octanol–water partition coefficient (Wildman–Crippen LogP) is 5.97. The number of rotatable bonds is 1. The van der Waals surface area contributed by atoms with Gasteiger partial charge in [0.2, 0.25) is 0 Å². The van der Waals surface area contributed by atoms with Gasteiger partial charge in [0.1, 0.15) is 11.6 Å². The molecule has 21 heavy (non-hydrogen) atoms. The van der Waals surface area contributed by atoms with Crippen molar-refractivity contribution in [3.8, 4) is 17.1 Å². The highest BCUT2D eigenvalue weighted by Crippen LogP contribution is 2.44. The molecule has 0 atom stereocenters. The Labute approximate surface area is 144 Å². The summed E-state index contributed by atoms with van der Waals surface area (Å²) < 4.78 is 0.933. The molecule has 0 aliphatic heterocycles. The lowest BCUT2D eigenvalue weighted by Gasteiger charge is -2.07. The zero-order valence-electron chi connectivity index (χ0n) is 10.6. The Bertz CT molecular complexity index is 850. The van der Waals surface area contributed by atoms with Crippen LogP contribution in [0, 0.1) is 6.92 Å². The molecule has 0 saturated heterocycles. The molecule has 108 valence electrons. The number of aromatic hydroxyl groups is 1. The average molecular weight is 406 g/mol. The van der Waals surface area contributed by atoms with E-state index in [1.807, 2.05) is 19.1 Å². The van der Waals surface area contributed by atoms with Gasteiger partial charge in [-0.3, -0.25) is 0 Å². The van der Waals surface area contributed by atoms with Crippen molar-refractivity contribution in [3.63, 3.8) is 0 Å². The monoisotopic (exact) mass is 404 g/mol. The van der Waals surface area contributed by atoms with Gasteiger partial charge in [0.15, 0.2) is 0 Å². The molecule has 2 aromatic carbocycles. The summed E-state index contributed by atoms with van der Waals surface area (Å²) in [4.78, 5) is 7.62. The molecule has 0 unspecified atom stereocenters. The minimum atomic E-state index is -0.151. The van der Waals surface area contributed by atoms with Crippen LogP contribution in [0.2, 0.25) is 15.1 Å². The number of phenols is 1. The van der Waals surface area contributed by atoms with Crippen molar-refractivity contribution < 1.29 is 5.11 Å². The summed E-state index contributed by atoms with van der Waals surface area (Å²) in [5.74, 6) is 0.264.